The molecule has 0 radical (unpaired) electrons. The van der Waals surface area contributed by atoms with Gasteiger partial charge in [-0.05, 0) is 55.7 Å². The zero-order valence-electron chi connectivity index (χ0n) is 19.2. The number of hydrazine groups is 1. The molecule has 1 aliphatic rings. The van der Waals surface area contributed by atoms with Crippen LogP contribution < -0.4 is 15.5 Å². The number of piperidine rings is 1. The summed E-state index contributed by atoms with van der Waals surface area (Å²) in [6, 6.07) is 8.88. The quantitative estimate of drug-likeness (QED) is 0.534. The summed E-state index contributed by atoms with van der Waals surface area (Å²) in [6.07, 6.45) is 6.75. The van der Waals surface area contributed by atoms with Gasteiger partial charge >= 0.3 is 0 Å². The minimum Gasteiger partial charge on any atom is -0.495 e. The summed E-state index contributed by atoms with van der Waals surface area (Å²) in [6.45, 7) is 2.80. The van der Waals surface area contributed by atoms with Crippen molar-refractivity contribution in [2.24, 2.45) is 5.73 Å². The number of carbonyl (C=O) groups excluding carboxylic acids is 1. The van der Waals surface area contributed by atoms with Gasteiger partial charge in [0, 0.05) is 30.9 Å². The lowest BCUT2D eigenvalue weighted by atomic mass is 10.0. The second-order valence-corrected chi connectivity index (χ2v) is 8.09. The first-order valence-corrected chi connectivity index (χ1v) is 11.0. The van der Waals surface area contributed by atoms with E-state index >= 15 is 0 Å². The summed E-state index contributed by atoms with van der Waals surface area (Å²) in [7, 11) is 1.59. The van der Waals surface area contributed by atoms with Gasteiger partial charge in [0.2, 0.25) is 0 Å². The van der Waals surface area contributed by atoms with E-state index in [1.807, 2.05) is 42.0 Å². The Balaban J connectivity index is 1.63. The Kier molecular flexibility index (Phi) is 6.93. The smallest absolute Gasteiger partial charge is 0.268 e. The van der Waals surface area contributed by atoms with E-state index in [1.165, 1.54) is 17.1 Å². The maximum absolute atomic E-state index is 13.9. The highest BCUT2D eigenvalue weighted by atomic mass is 19.1. The minimum absolute atomic E-state index is 0.216. The van der Waals surface area contributed by atoms with E-state index in [-0.39, 0.29) is 24.7 Å². The van der Waals surface area contributed by atoms with E-state index < -0.39 is 11.6 Å². The number of aromatic nitrogens is 2. The molecule has 0 atom stereocenters. The van der Waals surface area contributed by atoms with Crippen LogP contribution in [0.5, 0.6) is 5.75 Å². The summed E-state index contributed by atoms with van der Waals surface area (Å²) in [5.41, 5.74) is 9.13. The van der Waals surface area contributed by atoms with Gasteiger partial charge in [-0.2, -0.15) is 0 Å². The standard InChI is InChI=1S/C25H27F2N5O2/c1-17-15-30(16-29-17)23-6-5-18(11-24(23)34-2)10-19-4-3-8-32(25(19)33)31(9-7-28)22-13-20(26)12-21(27)14-22/h5-6,10-16H,3-4,7-9,28H2,1-2H3/b19-10+. The maximum Gasteiger partial charge on any atom is 0.268 e. The summed E-state index contributed by atoms with van der Waals surface area (Å²) in [5.74, 6) is -1.00. The van der Waals surface area contributed by atoms with Gasteiger partial charge in [-0.15, -0.1) is 0 Å². The Morgan fingerprint density at radius 3 is 2.62 bits per heavy atom. The van der Waals surface area contributed by atoms with E-state index in [4.69, 9.17) is 10.5 Å². The SMILES string of the molecule is COc1cc(/C=C2\CCCN(N(CCN)c3cc(F)cc(F)c3)C2=O)ccc1-n1cnc(C)c1. The van der Waals surface area contributed by atoms with Crippen LogP contribution in [-0.2, 0) is 4.79 Å². The first kappa shape index (κ1) is 23.4. The monoisotopic (exact) mass is 467 g/mol. The van der Waals surface area contributed by atoms with Gasteiger partial charge in [0.05, 0.1) is 37.1 Å². The highest BCUT2D eigenvalue weighted by Gasteiger charge is 2.29. The molecule has 1 amide bonds. The summed E-state index contributed by atoms with van der Waals surface area (Å²) >= 11 is 0. The Labute approximate surface area is 197 Å². The largest absolute Gasteiger partial charge is 0.495 e. The lowest BCUT2D eigenvalue weighted by molar-refractivity contribution is -0.129. The predicted octanol–water partition coefficient (Wildman–Crippen LogP) is 3.85. The van der Waals surface area contributed by atoms with E-state index in [1.54, 1.807) is 18.4 Å². The van der Waals surface area contributed by atoms with Crippen molar-refractivity contribution in [3.05, 3.63) is 77.4 Å². The Morgan fingerprint density at radius 1 is 1.21 bits per heavy atom. The van der Waals surface area contributed by atoms with Crippen LogP contribution >= 0.6 is 0 Å². The van der Waals surface area contributed by atoms with Crippen LogP contribution in [0.4, 0.5) is 14.5 Å². The van der Waals surface area contributed by atoms with Gasteiger partial charge in [-0.25, -0.2) is 18.8 Å². The van der Waals surface area contributed by atoms with Gasteiger partial charge in [-0.1, -0.05) is 6.07 Å². The lowest BCUT2D eigenvalue weighted by Crippen LogP contribution is -2.51. The number of aryl methyl sites for hydroxylation is 1. The molecule has 2 aromatic carbocycles. The third-order valence-electron chi connectivity index (χ3n) is 5.64. The van der Waals surface area contributed by atoms with Crippen LogP contribution in [0.1, 0.15) is 24.1 Å². The molecule has 2 N–H and O–H groups in total. The van der Waals surface area contributed by atoms with Crippen molar-refractivity contribution >= 4 is 17.7 Å². The van der Waals surface area contributed by atoms with Crippen molar-refractivity contribution in [3.8, 4) is 11.4 Å². The third-order valence-corrected chi connectivity index (χ3v) is 5.64. The Morgan fingerprint density at radius 2 is 1.97 bits per heavy atom. The average molecular weight is 468 g/mol. The van der Waals surface area contributed by atoms with Crippen LogP contribution in [0.2, 0.25) is 0 Å². The molecule has 0 aliphatic carbocycles. The predicted molar refractivity (Wildman–Crippen MR) is 127 cm³/mol. The van der Waals surface area contributed by atoms with E-state index in [0.717, 1.165) is 23.0 Å². The number of hydrogen-bond donors (Lipinski definition) is 1. The molecule has 0 spiro atoms. The molecule has 1 fully saturated rings. The molecule has 9 heteroatoms. The zero-order chi connectivity index (χ0) is 24.2. The molecule has 7 nitrogen and oxygen atoms in total. The van der Waals surface area contributed by atoms with Gasteiger partial charge < -0.3 is 15.0 Å². The number of hydrogen-bond acceptors (Lipinski definition) is 5. The molecule has 0 bridgehead atoms. The summed E-state index contributed by atoms with van der Waals surface area (Å²) in [5, 5.41) is 3.06. The number of anilines is 1. The summed E-state index contributed by atoms with van der Waals surface area (Å²) < 4.78 is 35.2. The number of halogens is 2. The number of nitrogens with two attached hydrogens (primary N) is 1. The zero-order valence-corrected chi connectivity index (χ0v) is 19.2. The minimum atomic E-state index is -0.711. The molecular weight excluding hydrogens is 440 g/mol. The number of rotatable bonds is 7. The molecule has 178 valence electrons. The fourth-order valence-corrected chi connectivity index (χ4v) is 4.11. The van der Waals surface area contributed by atoms with Crippen LogP contribution in [-0.4, -0.2) is 47.2 Å². The molecule has 1 aliphatic heterocycles. The first-order chi connectivity index (χ1) is 16.4. The van der Waals surface area contributed by atoms with E-state index in [0.29, 0.717) is 30.7 Å². The Hall–Kier alpha value is -3.72. The van der Waals surface area contributed by atoms with Gasteiger partial charge in [-0.3, -0.25) is 9.80 Å². The number of nitrogens with zero attached hydrogens (tertiary/aromatic N) is 4. The highest BCUT2D eigenvalue weighted by molar-refractivity contribution is 5.99. The van der Waals surface area contributed by atoms with E-state index in [9.17, 15) is 13.6 Å². The van der Waals surface area contributed by atoms with Crippen molar-refractivity contribution < 1.29 is 18.3 Å². The fraction of sp³-hybridized carbons (Fsp3) is 0.280. The maximum atomic E-state index is 13.9. The molecule has 1 aromatic heterocycles. The van der Waals surface area contributed by atoms with Gasteiger partial charge in [0.1, 0.15) is 17.4 Å². The first-order valence-electron chi connectivity index (χ1n) is 11.0. The topological polar surface area (TPSA) is 76.6 Å². The second kappa shape index (κ2) is 10.0. The average Bonchev–Trinajstić information content (AvgIpc) is 3.24. The highest BCUT2D eigenvalue weighted by Crippen LogP contribution is 2.29. The number of methoxy groups -OCH3 is 1. The molecule has 0 saturated carbocycles. The molecule has 2 heterocycles. The molecule has 34 heavy (non-hydrogen) atoms. The van der Waals surface area contributed by atoms with Crippen molar-refractivity contribution in [1.82, 2.24) is 14.6 Å². The molecule has 3 aromatic rings. The van der Waals surface area contributed by atoms with Gasteiger partial charge in [0.15, 0.2) is 0 Å². The number of amides is 1. The number of benzene rings is 2. The van der Waals surface area contributed by atoms with Crippen LogP contribution in [0.15, 0.2) is 54.5 Å². The van der Waals surface area contributed by atoms with Crippen molar-refractivity contribution in [1.29, 1.82) is 0 Å². The second-order valence-electron chi connectivity index (χ2n) is 8.09. The number of imidazole rings is 1. The van der Waals surface area contributed by atoms with Gasteiger partial charge in [0.25, 0.3) is 5.91 Å². The molecule has 1 saturated heterocycles. The van der Waals surface area contributed by atoms with Crippen molar-refractivity contribution in [2.75, 3.05) is 31.8 Å². The third kappa shape index (κ3) is 4.94. The summed E-state index contributed by atoms with van der Waals surface area (Å²) in [4.78, 5) is 17.6. The molecule has 0 unspecified atom stereocenters. The molecule has 4 rings (SSSR count). The number of carbonyl (C=O) groups is 1. The normalized spacial score (nSPS) is 15.1. The van der Waals surface area contributed by atoms with Crippen molar-refractivity contribution in [3.63, 3.8) is 0 Å². The Bertz CT molecular complexity index is 1200. The van der Waals surface area contributed by atoms with E-state index in [2.05, 4.69) is 4.98 Å². The van der Waals surface area contributed by atoms with Crippen molar-refractivity contribution in [2.45, 2.75) is 19.8 Å². The van der Waals surface area contributed by atoms with Crippen LogP contribution in [0.25, 0.3) is 11.8 Å². The number of ether oxygens (including phenoxy) is 1. The lowest BCUT2D eigenvalue weighted by Gasteiger charge is -2.39. The van der Waals surface area contributed by atoms with Crippen LogP contribution in [0, 0.1) is 18.6 Å². The fourth-order valence-electron chi connectivity index (χ4n) is 4.11. The molecular formula is C25H27F2N5O2. The van der Waals surface area contributed by atoms with Crippen LogP contribution in [0.3, 0.4) is 0 Å².